The Bertz CT molecular complexity index is 684. The largest absolute Gasteiger partial charge is 0.325 e. The molecule has 2 aromatic rings. The van der Waals surface area contributed by atoms with E-state index in [0.29, 0.717) is 0 Å². The number of carbonyl (C=O) groups excluding carboxylic acids is 1. The number of unbranched alkanes of at least 4 members (excludes halogenated alkanes) is 6. The number of nitrogens with zero attached hydrogens (tertiary/aromatic N) is 1. The lowest BCUT2D eigenvalue weighted by molar-refractivity contribution is -0.115. The van der Waals surface area contributed by atoms with Crippen molar-refractivity contribution < 1.29 is 4.79 Å². The Morgan fingerprint density at radius 3 is 2.63 bits per heavy atom. The van der Waals surface area contributed by atoms with Crippen LogP contribution in [0.1, 0.15) is 71.6 Å². The summed E-state index contributed by atoms with van der Waals surface area (Å²) >= 11 is 1.82. The second kappa shape index (κ2) is 12.8. The zero-order valence-corrected chi connectivity index (χ0v) is 17.7. The molecular formula is C23H34N2OS. The minimum atomic E-state index is 0.0415. The average molecular weight is 387 g/mol. The number of anilines is 1. The molecule has 0 radical (unpaired) electrons. The Hall–Kier alpha value is -1.55. The van der Waals surface area contributed by atoms with E-state index in [-0.39, 0.29) is 11.2 Å². The van der Waals surface area contributed by atoms with E-state index in [1.807, 2.05) is 42.2 Å². The highest BCUT2D eigenvalue weighted by Crippen LogP contribution is 2.26. The van der Waals surface area contributed by atoms with Crippen molar-refractivity contribution in [3.63, 3.8) is 0 Å². The first-order valence-corrected chi connectivity index (χ1v) is 11.6. The van der Waals surface area contributed by atoms with Gasteiger partial charge in [-0.1, -0.05) is 70.9 Å². The molecule has 0 fully saturated rings. The predicted molar refractivity (Wildman–Crippen MR) is 120 cm³/mol. The third-order valence-electron chi connectivity index (χ3n) is 4.87. The summed E-state index contributed by atoms with van der Waals surface area (Å²) in [5, 5.41) is 5.34. The molecule has 0 bridgehead atoms. The van der Waals surface area contributed by atoms with Crippen LogP contribution in [0.5, 0.6) is 0 Å². The van der Waals surface area contributed by atoms with E-state index < -0.39 is 0 Å². The van der Waals surface area contributed by atoms with Crippen molar-refractivity contribution >= 4 is 34.1 Å². The van der Waals surface area contributed by atoms with Crippen LogP contribution in [0.3, 0.4) is 0 Å². The fourth-order valence-electron chi connectivity index (χ4n) is 3.21. The molecule has 0 saturated heterocycles. The zero-order valence-electron chi connectivity index (χ0n) is 16.9. The monoisotopic (exact) mass is 386 g/mol. The number of benzene rings is 1. The van der Waals surface area contributed by atoms with E-state index >= 15 is 0 Å². The fraction of sp³-hybridized carbons (Fsp3) is 0.565. The molecule has 1 amide bonds. The summed E-state index contributed by atoms with van der Waals surface area (Å²) in [7, 11) is 0. The van der Waals surface area contributed by atoms with Crippen molar-refractivity contribution in [3.05, 3.63) is 36.7 Å². The molecular weight excluding hydrogens is 352 g/mol. The summed E-state index contributed by atoms with van der Waals surface area (Å²) in [6, 6.07) is 7.96. The van der Waals surface area contributed by atoms with Gasteiger partial charge in [0, 0.05) is 28.9 Å². The topological polar surface area (TPSA) is 42.0 Å². The van der Waals surface area contributed by atoms with Gasteiger partial charge in [0.2, 0.25) is 5.91 Å². The van der Waals surface area contributed by atoms with Crippen LogP contribution in [0.4, 0.5) is 5.69 Å². The molecule has 1 heterocycles. The van der Waals surface area contributed by atoms with Gasteiger partial charge in [0.05, 0.1) is 5.25 Å². The van der Waals surface area contributed by atoms with Crippen molar-refractivity contribution in [1.29, 1.82) is 0 Å². The molecule has 148 valence electrons. The van der Waals surface area contributed by atoms with Gasteiger partial charge in [-0.25, -0.2) is 0 Å². The molecule has 0 spiro atoms. The zero-order chi connectivity index (χ0) is 19.3. The van der Waals surface area contributed by atoms with Gasteiger partial charge < -0.3 is 5.32 Å². The van der Waals surface area contributed by atoms with Gasteiger partial charge in [0.15, 0.2) is 0 Å². The molecule has 0 aliphatic rings. The molecule has 1 atom stereocenters. The third kappa shape index (κ3) is 7.53. The lowest BCUT2D eigenvalue weighted by atomic mass is 10.1. The molecule has 0 saturated carbocycles. The van der Waals surface area contributed by atoms with E-state index in [1.165, 1.54) is 44.9 Å². The fourth-order valence-corrected chi connectivity index (χ4v) is 4.50. The molecule has 1 unspecified atom stereocenters. The van der Waals surface area contributed by atoms with E-state index in [1.54, 1.807) is 6.20 Å². The maximum Gasteiger partial charge on any atom is 0.237 e. The highest BCUT2D eigenvalue weighted by molar-refractivity contribution is 8.00. The minimum absolute atomic E-state index is 0.0415. The van der Waals surface area contributed by atoms with Crippen LogP contribution in [0.15, 0.2) is 36.7 Å². The number of rotatable bonds is 13. The van der Waals surface area contributed by atoms with E-state index in [9.17, 15) is 4.79 Å². The van der Waals surface area contributed by atoms with Gasteiger partial charge in [-0.15, -0.1) is 11.8 Å². The summed E-state index contributed by atoms with van der Waals surface area (Å²) in [5.74, 6) is 1.21. The lowest BCUT2D eigenvalue weighted by Gasteiger charge is -2.17. The van der Waals surface area contributed by atoms with E-state index in [0.717, 1.165) is 35.1 Å². The molecule has 3 nitrogen and oxygen atoms in total. The van der Waals surface area contributed by atoms with Gasteiger partial charge in [-0.2, -0.15) is 0 Å². The number of amides is 1. The summed E-state index contributed by atoms with van der Waals surface area (Å²) in [5.41, 5.74) is 0.893. The Morgan fingerprint density at radius 2 is 1.81 bits per heavy atom. The van der Waals surface area contributed by atoms with Crippen LogP contribution in [0.25, 0.3) is 10.8 Å². The van der Waals surface area contributed by atoms with Crippen LogP contribution in [0.2, 0.25) is 0 Å². The van der Waals surface area contributed by atoms with Gasteiger partial charge in [-0.05, 0) is 30.7 Å². The number of fused-ring (bicyclic) bond motifs is 1. The van der Waals surface area contributed by atoms with Gasteiger partial charge in [-0.3, -0.25) is 9.78 Å². The number of hydrogen-bond donors (Lipinski definition) is 1. The van der Waals surface area contributed by atoms with Crippen molar-refractivity contribution in [3.8, 4) is 0 Å². The Balaban J connectivity index is 1.95. The second-order valence-electron chi connectivity index (χ2n) is 7.16. The van der Waals surface area contributed by atoms with Gasteiger partial charge in [0.1, 0.15) is 0 Å². The normalized spacial score (nSPS) is 12.2. The maximum absolute atomic E-state index is 13.0. The maximum atomic E-state index is 13.0. The van der Waals surface area contributed by atoms with E-state index in [4.69, 9.17) is 0 Å². The van der Waals surface area contributed by atoms with Crippen LogP contribution < -0.4 is 5.32 Å². The van der Waals surface area contributed by atoms with Crippen molar-refractivity contribution in [2.75, 3.05) is 11.1 Å². The first-order valence-electron chi connectivity index (χ1n) is 10.5. The lowest BCUT2D eigenvalue weighted by Crippen LogP contribution is -2.25. The number of carbonyl (C=O) groups is 1. The smallest absolute Gasteiger partial charge is 0.237 e. The number of pyridine rings is 1. The highest BCUT2D eigenvalue weighted by Gasteiger charge is 2.19. The molecule has 0 aliphatic carbocycles. The first-order chi connectivity index (χ1) is 13.3. The number of aromatic nitrogens is 1. The van der Waals surface area contributed by atoms with Crippen LogP contribution in [-0.2, 0) is 4.79 Å². The second-order valence-corrected chi connectivity index (χ2v) is 8.47. The Kier molecular flexibility index (Phi) is 10.3. The Morgan fingerprint density at radius 1 is 1.04 bits per heavy atom. The van der Waals surface area contributed by atoms with Crippen LogP contribution >= 0.6 is 11.8 Å². The molecule has 4 heteroatoms. The van der Waals surface area contributed by atoms with E-state index in [2.05, 4.69) is 24.1 Å². The van der Waals surface area contributed by atoms with Crippen molar-refractivity contribution in [1.82, 2.24) is 4.98 Å². The molecule has 27 heavy (non-hydrogen) atoms. The molecule has 1 aromatic carbocycles. The Labute approximate surface area is 168 Å². The van der Waals surface area contributed by atoms with Crippen molar-refractivity contribution in [2.45, 2.75) is 76.9 Å². The number of hydrogen-bond acceptors (Lipinski definition) is 3. The standard InChI is InChI=1S/C23H34N2OS/c1-3-5-7-8-9-10-14-22(27-17-6-4-2)23(26)25-21-13-11-12-19-18-24-16-15-20(19)21/h11-13,15-16,18,22H,3-10,14,17H2,1-2H3,(H,25,26). The van der Waals surface area contributed by atoms with Crippen molar-refractivity contribution in [2.24, 2.45) is 0 Å². The van der Waals surface area contributed by atoms with Crippen LogP contribution in [0, 0.1) is 0 Å². The summed E-state index contributed by atoms with van der Waals surface area (Å²) in [4.78, 5) is 17.1. The molecule has 0 aliphatic heterocycles. The number of nitrogens with one attached hydrogen (secondary N) is 1. The first kappa shape index (κ1) is 21.7. The van der Waals surface area contributed by atoms with Gasteiger partial charge >= 0.3 is 0 Å². The summed E-state index contributed by atoms with van der Waals surface area (Å²) in [6.45, 7) is 4.45. The predicted octanol–water partition coefficient (Wildman–Crippen LogP) is 6.83. The highest BCUT2D eigenvalue weighted by atomic mass is 32.2. The third-order valence-corrected chi connectivity index (χ3v) is 6.24. The van der Waals surface area contributed by atoms with Crippen LogP contribution in [-0.4, -0.2) is 21.9 Å². The SMILES string of the molecule is CCCCCCCCC(SCCCC)C(=O)Nc1cccc2cnccc12. The molecule has 1 N–H and O–H groups in total. The average Bonchev–Trinajstić information content (AvgIpc) is 2.69. The number of thioether (sulfide) groups is 1. The molecule has 1 aromatic heterocycles. The quantitative estimate of drug-likeness (QED) is 0.384. The minimum Gasteiger partial charge on any atom is -0.325 e. The molecule has 2 rings (SSSR count). The summed E-state index contributed by atoms with van der Waals surface area (Å²) in [6.07, 6.45) is 14.5. The van der Waals surface area contributed by atoms with Gasteiger partial charge in [0.25, 0.3) is 0 Å². The summed E-state index contributed by atoms with van der Waals surface area (Å²) < 4.78 is 0.